The highest BCUT2D eigenvalue weighted by Gasteiger charge is 2.18. The summed E-state index contributed by atoms with van der Waals surface area (Å²) in [5.74, 6) is 5.91. The highest BCUT2D eigenvalue weighted by molar-refractivity contribution is 5.44. The van der Waals surface area contributed by atoms with Crippen molar-refractivity contribution in [2.45, 2.75) is 44.3 Å². The second-order valence-electron chi connectivity index (χ2n) is 9.40. The van der Waals surface area contributed by atoms with E-state index < -0.39 is 12.2 Å². The third kappa shape index (κ3) is 7.73. The zero-order chi connectivity index (χ0) is 26.0. The van der Waals surface area contributed by atoms with Crippen LogP contribution in [0.1, 0.15) is 47.2 Å². The lowest BCUT2D eigenvalue weighted by atomic mass is 9.92. The lowest BCUT2D eigenvalue weighted by Gasteiger charge is -2.20. The van der Waals surface area contributed by atoms with E-state index >= 15 is 0 Å². The number of aromatic nitrogens is 2. The van der Waals surface area contributed by atoms with E-state index in [9.17, 15) is 14.3 Å². The second kappa shape index (κ2) is 13.2. The van der Waals surface area contributed by atoms with E-state index in [-0.39, 0.29) is 17.7 Å². The van der Waals surface area contributed by atoms with Gasteiger partial charge in [-0.25, -0.2) is 9.37 Å². The first-order valence-corrected chi connectivity index (χ1v) is 12.6. The molecular formula is C29H33FN4O3. The Morgan fingerprint density at radius 1 is 1.16 bits per heavy atom. The average Bonchev–Trinajstić information content (AvgIpc) is 3.45. The van der Waals surface area contributed by atoms with Gasteiger partial charge in [0.25, 0.3) is 5.56 Å². The number of benzene rings is 2. The molecule has 37 heavy (non-hydrogen) atoms. The van der Waals surface area contributed by atoms with Gasteiger partial charge in [-0.15, -0.1) is 0 Å². The van der Waals surface area contributed by atoms with Gasteiger partial charge in [0.05, 0.1) is 18.6 Å². The molecule has 8 heteroatoms. The lowest BCUT2D eigenvalue weighted by Crippen LogP contribution is -2.32. The molecule has 1 aliphatic rings. The Labute approximate surface area is 216 Å². The molecule has 1 saturated heterocycles. The molecule has 0 bridgehead atoms. The van der Waals surface area contributed by atoms with Crippen LogP contribution in [0.5, 0.6) is 5.75 Å². The van der Waals surface area contributed by atoms with Crippen LogP contribution in [0.2, 0.25) is 0 Å². The van der Waals surface area contributed by atoms with Crippen LogP contribution in [-0.4, -0.2) is 53.6 Å². The molecule has 4 N–H and O–H groups in total. The zero-order valence-corrected chi connectivity index (χ0v) is 21.0. The number of rotatable bonds is 10. The van der Waals surface area contributed by atoms with Crippen molar-refractivity contribution in [2.75, 3.05) is 26.4 Å². The van der Waals surface area contributed by atoms with E-state index in [4.69, 9.17) is 4.74 Å². The first-order chi connectivity index (χ1) is 18.0. The fourth-order valence-corrected chi connectivity index (χ4v) is 4.16. The topological polar surface area (TPSA) is 99.3 Å². The number of aromatic amines is 1. The fraction of sp³-hybridized carbons (Fsp3) is 0.379. The number of nitrogens with zero attached hydrogens (tertiary/aromatic N) is 1. The van der Waals surface area contributed by atoms with Crippen LogP contribution < -0.4 is 16.2 Å². The average molecular weight is 505 g/mol. The SMILES string of the molecule is C[C@@H](CF)NC[C@H](Cc1nc[nH]c(=O)c1O)c1ccc(C#Cc2ccc(CN[C@@H]3CCOC3)cc2)cc1. The molecule has 2 aromatic carbocycles. The summed E-state index contributed by atoms with van der Waals surface area (Å²) < 4.78 is 18.4. The monoisotopic (exact) mass is 504 g/mol. The third-order valence-corrected chi connectivity index (χ3v) is 6.50. The molecule has 1 aliphatic heterocycles. The summed E-state index contributed by atoms with van der Waals surface area (Å²) in [6.45, 7) is 4.18. The number of alkyl halides is 1. The van der Waals surface area contributed by atoms with Crippen LogP contribution in [0.4, 0.5) is 4.39 Å². The van der Waals surface area contributed by atoms with Crippen molar-refractivity contribution in [1.82, 2.24) is 20.6 Å². The van der Waals surface area contributed by atoms with Crippen molar-refractivity contribution < 1.29 is 14.2 Å². The van der Waals surface area contributed by atoms with E-state index in [0.717, 1.165) is 42.9 Å². The summed E-state index contributed by atoms with van der Waals surface area (Å²) in [5, 5.41) is 16.8. The lowest BCUT2D eigenvalue weighted by molar-refractivity contribution is 0.190. The molecule has 7 nitrogen and oxygen atoms in total. The predicted molar refractivity (Wildman–Crippen MR) is 141 cm³/mol. The van der Waals surface area contributed by atoms with Gasteiger partial charge >= 0.3 is 0 Å². The number of hydrogen-bond donors (Lipinski definition) is 4. The molecule has 1 fully saturated rings. The largest absolute Gasteiger partial charge is 0.502 e. The molecule has 194 valence electrons. The van der Waals surface area contributed by atoms with Crippen molar-refractivity contribution in [2.24, 2.45) is 0 Å². The Kier molecular flexibility index (Phi) is 9.44. The van der Waals surface area contributed by atoms with Crippen LogP contribution in [0, 0.1) is 11.8 Å². The Balaban J connectivity index is 1.41. The minimum absolute atomic E-state index is 0.117. The summed E-state index contributed by atoms with van der Waals surface area (Å²) in [5.41, 5.74) is 3.74. The van der Waals surface area contributed by atoms with E-state index in [2.05, 4.69) is 44.6 Å². The summed E-state index contributed by atoms with van der Waals surface area (Å²) in [6, 6.07) is 16.2. The van der Waals surface area contributed by atoms with Crippen molar-refractivity contribution in [3.8, 4) is 17.6 Å². The first-order valence-electron chi connectivity index (χ1n) is 12.6. The summed E-state index contributed by atoms with van der Waals surface area (Å²) >= 11 is 0. The van der Waals surface area contributed by atoms with Crippen LogP contribution in [0.3, 0.4) is 0 Å². The second-order valence-corrected chi connectivity index (χ2v) is 9.40. The highest BCUT2D eigenvalue weighted by Crippen LogP contribution is 2.23. The molecule has 1 aromatic heterocycles. The summed E-state index contributed by atoms with van der Waals surface area (Å²) in [6.07, 6.45) is 2.67. The third-order valence-electron chi connectivity index (χ3n) is 6.50. The number of halogens is 1. The highest BCUT2D eigenvalue weighted by atomic mass is 19.1. The van der Waals surface area contributed by atoms with Crippen LogP contribution in [0.25, 0.3) is 0 Å². The van der Waals surface area contributed by atoms with Gasteiger partial charge in [0.2, 0.25) is 5.75 Å². The minimum atomic E-state index is -0.577. The Bertz CT molecular complexity index is 1260. The number of H-pyrrole nitrogens is 1. The normalized spacial score (nSPS) is 16.6. The maximum Gasteiger partial charge on any atom is 0.293 e. The van der Waals surface area contributed by atoms with Gasteiger partial charge in [0, 0.05) is 55.2 Å². The van der Waals surface area contributed by atoms with Crippen LogP contribution in [-0.2, 0) is 17.7 Å². The van der Waals surface area contributed by atoms with Crippen molar-refractivity contribution >= 4 is 0 Å². The number of hydrogen-bond acceptors (Lipinski definition) is 6. The summed E-state index contributed by atoms with van der Waals surface area (Å²) in [4.78, 5) is 18.3. The molecule has 0 aliphatic carbocycles. The standard InChI is InChI=1S/C29H33FN4O3/c1-20(15-30)31-17-25(14-27-28(35)29(36)34-19-33-27)24-10-8-22(9-11-24)3-2-21-4-6-23(7-5-21)16-32-26-12-13-37-18-26/h4-11,19-20,25-26,31-32,35H,12-18H2,1H3,(H,33,34,36)/t20-,25-,26+/m0/s1. The van der Waals surface area contributed by atoms with E-state index in [1.807, 2.05) is 36.4 Å². The quantitative estimate of drug-likeness (QED) is 0.317. The Hall–Kier alpha value is -3.51. The molecule has 0 saturated carbocycles. The van der Waals surface area contributed by atoms with Crippen LogP contribution in [0.15, 0.2) is 59.7 Å². The minimum Gasteiger partial charge on any atom is -0.502 e. The molecule has 3 atom stereocenters. The van der Waals surface area contributed by atoms with Gasteiger partial charge in [-0.2, -0.15) is 0 Å². The fourth-order valence-electron chi connectivity index (χ4n) is 4.16. The number of aromatic hydroxyl groups is 1. The molecular weight excluding hydrogens is 471 g/mol. The van der Waals surface area contributed by atoms with E-state index in [0.29, 0.717) is 24.7 Å². The van der Waals surface area contributed by atoms with Gasteiger partial charge in [-0.05, 0) is 48.7 Å². The van der Waals surface area contributed by atoms with Crippen molar-refractivity contribution in [3.63, 3.8) is 0 Å². The van der Waals surface area contributed by atoms with Gasteiger partial charge < -0.3 is 25.5 Å². The molecule has 0 amide bonds. The van der Waals surface area contributed by atoms with Crippen molar-refractivity contribution in [1.29, 1.82) is 0 Å². The van der Waals surface area contributed by atoms with Gasteiger partial charge in [-0.3, -0.25) is 4.79 Å². The zero-order valence-electron chi connectivity index (χ0n) is 21.0. The van der Waals surface area contributed by atoms with Crippen molar-refractivity contribution in [3.05, 3.63) is 93.2 Å². The number of ether oxygens (including phenoxy) is 1. The molecule has 0 radical (unpaired) electrons. The van der Waals surface area contributed by atoms with Gasteiger partial charge in [0.15, 0.2) is 0 Å². The Morgan fingerprint density at radius 3 is 2.51 bits per heavy atom. The van der Waals surface area contributed by atoms with E-state index in [1.54, 1.807) is 6.92 Å². The smallest absolute Gasteiger partial charge is 0.293 e. The molecule has 4 rings (SSSR count). The predicted octanol–water partition coefficient (Wildman–Crippen LogP) is 3.03. The van der Waals surface area contributed by atoms with Gasteiger partial charge in [0.1, 0.15) is 6.67 Å². The molecule has 0 spiro atoms. The van der Waals surface area contributed by atoms with Crippen LogP contribution >= 0.6 is 0 Å². The Morgan fingerprint density at radius 2 is 1.86 bits per heavy atom. The summed E-state index contributed by atoms with van der Waals surface area (Å²) in [7, 11) is 0. The maximum atomic E-state index is 13.0. The van der Waals surface area contributed by atoms with Gasteiger partial charge in [-0.1, -0.05) is 36.1 Å². The molecule has 0 unspecified atom stereocenters. The molecule has 2 heterocycles. The molecule has 3 aromatic rings. The number of nitrogens with one attached hydrogen (secondary N) is 3. The maximum absolute atomic E-state index is 13.0. The first kappa shape index (κ1) is 26.6. The van der Waals surface area contributed by atoms with E-state index in [1.165, 1.54) is 11.9 Å².